The fourth-order valence-electron chi connectivity index (χ4n) is 2.24. The maximum atomic E-state index is 10.9. The third kappa shape index (κ3) is 2.02. The van der Waals surface area contributed by atoms with Crippen molar-refractivity contribution in [2.75, 3.05) is 18.0 Å². The van der Waals surface area contributed by atoms with E-state index in [0.29, 0.717) is 18.2 Å². The number of nitrogens with two attached hydrogens (primary N) is 2. The Kier molecular flexibility index (Phi) is 3.10. The van der Waals surface area contributed by atoms with Crippen LogP contribution in [-0.2, 0) is 0 Å². The molecule has 1 aliphatic rings. The first-order valence-corrected chi connectivity index (χ1v) is 5.59. The first-order valence-electron chi connectivity index (χ1n) is 5.59. The van der Waals surface area contributed by atoms with Gasteiger partial charge in [0.05, 0.1) is 0 Å². The molecule has 1 aromatic carbocycles. The highest BCUT2D eigenvalue weighted by Crippen LogP contribution is 2.25. The zero-order chi connectivity index (χ0) is 11.5. The molecule has 2 rings (SSSR count). The molecule has 0 aromatic heterocycles. The fraction of sp³-hybridized carbons (Fsp3) is 0.417. The van der Waals surface area contributed by atoms with Gasteiger partial charge in [-0.15, -0.1) is 0 Å². The summed E-state index contributed by atoms with van der Waals surface area (Å²) < 4.78 is 0. The molecular weight excluding hydrogens is 202 g/mol. The Morgan fingerprint density at radius 3 is 2.62 bits per heavy atom. The molecule has 1 aromatic rings. The van der Waals surface area contributed by atoms with E-state index in [1.165, 1.54) is 6.42 Å². The van der Waals surface area contributed by atoms with Crippen molar-refractivity contribution in [3.8, 4) is 0 Å². The van der Waals surface area contributed by atoms with Gasteiger partial charge in [-0.1, -0.05) is 0 Å². The number of benzene rings is 1. The molecule has 0 spiro atoms. The molecule has 16 heavy (non-hydrogen) atoms. The van der Waals surface area contributed by atoms with E-state index in [-0.39, 0.29) is 5.91 Å². The Morgan fingerprint density at radius 1 is 1.38 bits per heavy atom. The zero-order valence-electron chi connectivity index (χ0n) is 9.23. The molecule has 0 saturated carbocycles. The van der Waals surface area contributed by atoms with Crippen LogP contribution in [0.5, 0.6) is 0 Å². The van der Waals surface area contributed by atoms with Gasteiger partial charge in [0.25, 0.3) is 0 Å². The van der Waals surface area contributed by atoms with Crippen molar-refractivity contribution >= 4 is 11.6 Å². The molecule has 1 amide bonds. The van der Waals surface area contributed by atoms with Crippen molar-refractivity contribution in [3.05, 3.63) is 29.8 Å². The van der Waals surface area contributed by atoms with E-state index in [0.717, 1.165) is 18.7 Å². The van der Waals surface area contributed by atoms with Gasteiger partial charge in [-0.25, -0.2) is 0 Å². The molecular formula is C12H17N3O. The average molecular weight is 219 g/mol. The number of primary amides is 1. The van der Waals surface area contributed by atoms with Crippen molar-refractivity contribution in [2.24, 2.45) is 11.5 Å². The van der Waals surface area contributed by atoms with Gasteiger partial charge in [0, 0.05) is 30.4 Å². The van der Waals surface area contributed by atoms with Crippen molar-refractivity contribution in [2.45, 2.75) is 18.9 Å². The lowest BCUT2D eigenvalue weighted by molar-refractivity contribution is 0.100. The summed E-state index contributed by atoms with van der Waals surface area (Å²) in [5.41, 5.74) is 12.6. The van der Waals surface area contributed by atoms with Gasteiger partial charge in [-0.3, -0.25) is 4.79 Å². The summed E-state index contributed by atoms with van der Waals surface area (Å²) in [5.74, 6) is -0.386. The third-order valence-corrected chi connectivity index (χ3v) is 3.13. The largest absolute Gasteiger partial charge is 0.367 e. The second-order valence-corrected chi connectivity index (χ2v) is 4.14. The number of nitrogens with zero attached hydrogens (tertiary/aromatic N) is 1. The number of carbonyl (C=O) groups excluding carboxylic acids is 1. The molecule has 0 bridgehead atoms. The van der Waals surface area contributed by atoms with E-state index in [2.05, 4.69) is 4.90 Å². The van der Waals surface area contributed by atoms with Gasteiger partial charge >= 0.3 is 0 Å². The van der Waals surface area contributed by atoms with Crippen LogP contribution in [0, 0.1) is 0 Å². The summed E-state index contributed by atoms with van der Waals surface area (Å²) in [6.45, 7) is 1.72. The molecule has 1 aliphatic heterocycles. The lowest BCUT2D eigenvalue weighted by atomic mass is 10.1. The van der Waals surface area contributed by atoms with Gasteiger partial charge in [0.2, 0.25) is 5.91 Å². The van der Waals surface area contributed by atoms with Crippen LogP contribution in [0.25, 0.3) is 0 Å². The Bertz CT molecular complexity index is 374. The lowest BCUT2D eigenvalue weighted by Crippen LogP contribution is -2.35. The average Bonchev–Trinajstić information content (AvgIpc) is 2.77. The molecule has 0 radical (unpaired) electrons. The highest BCUT2D eigenvalue weighted by molar-refractivity contribution is 5.93. The number of hydrogen-bond acceptors (Lipinski definition) is 3. The Hall–Kier alpha value is -1.55. The summed E-state index contributed by atoms with van der Waals surface area (Å²) in [5, 5.41) is 0. The van der Waals surface area contributed by atoms with Crippen molar-refractivity contribution in [3.63, 3.8) is 0 Å². The highest BCUT2D eigenvalue weighted by atomic mass is 16.1. The van der Waals surface area contributed by atoms with Crippen molar-refractivity contribution in [1.29, 1.82) is 0 Å². The van der Waals surface area contributed by atoms with E-state index in [1.807, 2.05) is 12.1 Å². The van der Waals surface area contributed by atoms with E-state index in [1.54, 1.807) is 12.1 Å². The first-order chi connectivity index (χ1) is 7.72. The Labute approximate surface area is 95.2 Å². The van der Waals surface area contributed by atoms with Crippen LogP contribution in [0.2, 0.25) is 0 Å². The molecule has 1 heterocycles. The molecule has 1 saturated heterocycles. The predicted molar refractivity (Wildman–Crippen MR) is 64.4 cm³/mol. The molecule has 1 unspecified atom stereocenters. The summed E-state index contributed by atoms with van der Waals surface area (Å²) in [6, 6.07) is 7.84. The van der Waals surface area contributed by atoms with Crippen LogP contribution in [-0.4, -0.2) is 25.0 Å². The molecule has 1 atom stereocenters. The number of carbonyl (C=O) groups is 1. The van der Waals surface area contributed by atoms with E-state index in [9.17, 15) is 4.79 Å². The van der Waals surface area contributed by atoms with E-state index < -0.39 is 0 Å². The number of hydrogen-bond donors (Lipinski definition) is 2. The van der Waals surface area contributed by atoms with Gasteiger partial charge in [-0.05, 0) is 37.1 Å². The van der Waals surface area contributed by atoms with Gasteiger partial charge < -0.3 is 16.4 Å². The fourth-order valence-corrected chi connectivity index (χ4v) is 2.24. The normalized spacial score (nSPS) is 20.1. The molecule has 4 heteroatoms. The number of rotatable bonds is 3. The monoisotopic (exact) mass is 219 g/mol. The quantitative estimate of drug-likeness (QED) is 0.786. The van der Waals surface area contributed by atoms with Crippen LogP contribution in [0.3, 0.4) is 0 Å². The minimum absolute atomic E-state index is 0.386. The van der Waals surface area contributed by atoms with Crippen LogP contribution in [0.15, 0.2) is 24.3 Å². The standard InChI is InChI=1S/C12H17N3O/c13-8-11-2-1-7-15(11)10-5-3-9(4-6-10)12(14)16/h3-6,11H,1-2,7-8,13H2,(H2,14,16). The minimum atomic E-state index is -0.386. The summed E-state index contributed by atoms with van der Waals surface area (Å²) >= 11 is 0. The van der Waals surface area contributed by atoms with Crippen molar-refractivity contribution < 1.29 is 4.79 Å². The summed E-state index contributed by atoms with van der Waals surface area (Å²) in [6.07, 6.45) is 2.33. The molecule has 4 nitrogen and oxygen atoms in total. The van der Waals surface area contributed by atoms with Gasteiger partial charge in [0.15, 0.2) is 0 Å². The molecule has 0 aliphatic carbocycles. The maximum absolute atomic E-state index is 10.9. The second kappa shape index (κ2) is 4.53. The number of amides is 1. The van der Waals surface area contributed by atoms with Crippen molar-refractivity contribution in [1.82, 2.24) is 0 Å². The summed E-state index contributed by atoms with van der Waals surface area (Å²) in [7, 11) is 0. The Balaban J connectivity index is 2.18. The molecule has 4 N–H and O–H groups in total. The first kappa shape index (κ1) is 11.0. The van der Waals surface area contributed by atoms with Gasteiger partial charge in [-0.2, -0.15) is 0 Å². The summed E-state index contributed by atoms with van der Waals surface area (Å²) in [4.78, 5) is 13.2. The number of anilines is 1. The predicted octanol–water partition coefficient (Wildman–Crippen LogP) is 0.713. The molecule has 1 fully saturated rings. The Morgan fingerprint density at radius 2 is 2.06 bits per heavy atom. The van der Waals surface area contributed by atoms with Crippen LogP contribution in [0.4, 0.5) is 5.69 Å². The molecule has 86 valence electrons. The smallest absolute Gasteiger partial charge is 0.248 e. The third-order valence-electron chi connectivity index (χ3n) is 3.13. The van der Waals surface area contributed by atoms with Crippen LogP contribution >= 0.6 is 0 Å². The minimum Gasteiger partial charge on any atom is -0.367 e. The van der Waals surface area contributed by atoms with Crippen LogP contribution in [0.1, 0.15) is 23.2 Å². The topological polar surface area (TPSA) is 72.3 Å². The highest BCUT2D eigenvalue weighted by Gasteiger charge is 2.23. The SMILES string of the molecule is NCC1CCCN1c1ccc(C(N)=O)cc1. The van der Waals surface area contributed by atoms with E-state index in [4.69, 9.17) is 11.5 Å². The second-order valence-electron chi connectivity index (χ2n) is 4.14. The van der Waals surface area contributed by atoms with Gasteiger partial charge in [0.1, 0.15) is 0 Å². The lowest BCUT2D eigenvalue weighted by Gasteiger charge is -2.25. The maximum Gasteiger partial charge on any atom is 0.248 e. The van der Waals surface area contributed by atoms with E-state index >= 15 is 0 Å². The zero-order valence-corrected chi connectivity index (χ0v) is 9.23. The van der Waals surface area contributed by atoms with Crippen LogP contribution < -0.4 is 16.4 Å².